The van der Waals surface area contributed by atoms with Crippen molar-refractivity contribution >= 4 is 22.5 Å². The molecule has 4 nitrogen and oxygen atoms in total. The number of aromatic nitrogens is 1. The lowest BCUT2D eigenvalue weighted by molar-refractivity contribution is 0.102. The summed E-state index contributed by atoms with van der Waals surface area (Å²) in [7, 11) is 0. The Kier molecular flexibility index (Phi) is 4.12. The van der Waals surface area contributed by atoms with Crippen LogP contribution in [-0.2, 0) is 6.54 Å². The monoisotopic (exact) mass is 328 g/mol. The average Bonchev–Trinajstić information content (AvgIpc) is 2.58. The van der Waals surface area contributed by atoms with E-state index < -0.39 is 23.0 Å². The smallest absolute Gasteiger partial charge is 0.261 e. The number of anilines is 1. The number of fused-ring (bicyclic) bond motifs is 1. The molecule has 3 rings (SSSR count). The van der Waals surface area contributed by atoms with Crippen molar-refractivity contribution in [2.24, 2.45) is 0 Å². The van der Waals surface area contributed by atoms with E-state index in [9.17, 15) is 18.4 Å². The van der Waals surface area contributed by atoms with E-state index in [1.165, 1.54) is 6.20 Å². The molecule has 0 spiro atoms. The topological polar surface area (TPSA) is 51.1 Å². The van der Waals surface area contributed by atoms with Crippen LogP contribution in [0.3, 0.4) is 0 Å². The maximum atomic E-state index is 13.7. The zero-order valence-electron chi connectivity index (χ0n) is 12.8. The summed E-state index contributed by atoms with van der Waals surface area (Å²) >= 11 is 0. The predicted octanol–water partition coefficient (Wildman–Crippen LogP) is 3.55. The van der Waals surface area contributed by atoms with Crippen molar-refractivity contribution in [2.45, 2.75) is 13.5 Å². The molecule has 3 aromatic rings. The third-order valence-corrected chi connectivity index (χ3v) is 3.75. The van der Waals surface area contributed by atoms with E-state index >= 15 is 0 Å². The third kappa shape index (κ3) is 2.78. The van der Waals surface area contributed by atoms with Gasteiger partial charge in [0.2, 0.25) is 5.43 Å². The quantitative estimate of drug-likeness (QED) is 0.799. The molecule has 6 heteroatoms. The highest BCUT2D eigenvalue weighted by Gasteiger charge is 2.16. The fraction of sp³-hybridized carbons (Fsp3) is 0.111. The van der Waals surface area contributed by atoms with Crippen LogP contribution in [0.1, 0.15) is 17.3 Å². The summed E-state index contributed by atoms with van der Waals surface area (Å²) in [5.74, 6) is -2.39. The van der Waals surface area contributed by atoms with Gasteiger partial charge in [-0.2, -0.15) is 0 Å². The van der Waals surface area contributed by atoms with Gasteiger partial charge in [0, 0.05) is 24.2 Å². The Balaban J connectivity index is 2.07. The molecule has 24 heavy (non-hydrogen) atoms. The van der Waals surface area contributed by atoms with Crippen molar-refractivity contribution in [3.8, 4) is 0 Å². The Hall–Kier alpha value is -3.02. The van der Waals surface area contributed by atoms with Crippen LogP contribution >= 0.6 is 0 Å². The predicted molar refractivity (Wildman–Crippen MR) is 88.2 cm³/mol. The van der Waals surface area contributed by atoms with Gasteiger partial charge in [0.1, 0.15) is 17.2 Å². The van der Waals surface area contributed by atoms with Crippen LogP contribution in [0.15, 0.2) is 53.5 Å². The number of para-hydroxylation sites is 1. The summed E-state index contributed by atoms with van der Waals surface area (Å²) in [6, 6.07) is 9.76. The minimum absolute atomic E-state index is 0.0979. The van der Waals surface area contributed by atoms with E-state index in [4.69, 9.17) is 0 Å². The van der Waals surface area contributed by atoms with Gasteiger partial charge in [0.05, 0.1) is 11.2 Å². The number of benzene rings is 2. The number of carbonyl (C=O) groups excluding carboxylic acids is 1. The van der Waals surface area contributed by atoms with Crippen LogP contribution in [0.5, 0.6) is 0 Å². The number of hydrogen-bond donors (Lipinski definition) is 1. The molecule has 0 atom stereocenters. The lowest BCUT2D eigenvalue weighted by atomic mass is 10.1. The van der Waals surface area contributed by atoms with Gasteiger partial charge in [0.15, 0.2) is 0 Å². The number of hydrogen-bond acceptors (Lipinski definition) is 2. The molecule has 122 valence electrons. The van der Waals surface area contributed by atoms with Crippen molar-refractivity contribution in [3.63, 3.8) is 0 Å². The minimum Gasteiger partial charge on any atom is -0.347 e. The van der Waals surface area contributed by atoms with E-state index in [0.29, 0.717) is 18.0 Å². The van der Waals surface area contributed by atoms with Crippen LogP contribution < -0.4 is 10.7 Å². The molecule has 1 heterocycles. The first-order valence-corrected chi connectivity index (χ1v) is 7.40. The van der Waals surface area contributed by atoms with Gasteiger partial charge in [-0.1, -0.05) is 12.1 Å². The molecule has 0 unspecified atom stereocenters. The second-order valence-electron chi connectivity index (χ2n) is 5.25. The van der Waals surface area contributed by atoms with E-state index in [2.05, 4.69) is 5.32 Å². The lowest BCUT2D eigenvalue weighted by Gasteiger charge is -2.12. The summed E-state index contributed by atoms with van der Waals surface area (Å²) in [6.45, 7) is 2.45. The molecule has 1 N–H and O–H groups in total. The fourth-order valence-corrected chi connectivity index (χ4v) is 2.55. The molecule has 0 fully saturated rings. The second-order valence-corrected chi connectivity index (χ2v) is 5.25. The molecule has 0 aliphatic carbocycles. The molecule has 0 radical (unpaired) electrons. The largest absolute Gasteiger partial charge is 0.347 e. The SMILES string of the molecule is CCn1cc(C(=O)Nc2ccc(F)cc2F)c(=O)c2ccccc21. The van der Waals surface area contributed by atoms with Crippen molar-refractivity contribution < 1.29 is 13.6 Å². The average molecular weight is 328 g/mol. The van der Waals surface area contributed by atoms with Gasteiger partial charge in [-0.05, 0) is 31.2 Å². The fourth-order valence-electron chi connectivity index (χ4n) is 2.55. The van der Waals surface area contributed by atoms with Gasteiger partial charge in [0.25, 0.3) is 5.91 Å². The lowest BCUT2D eigenvalue weighted by Crippen LogP contribution is -2.24. The molecular weight excluding hydrogens is 314 g/mol. The number of pyridine rings is 1. The number of amides is 1. The first kappa shape index (κ1) is 15.9. The Morgan fingerprint density at radius 1 is 1.17 bits per heavy atom. The van der Waals surface area contributed by atoms with Crippen LogP contribution in [0.2, 0.25) is 0 Å². The highest BCUT2D eigenvalue weighted by Crippen LogP contribution is 2.17. The molecule has 0 aliphatic rings. The maximum absolute atomic E-state index is 13.7. The molecule has 0 saturated heterocycles. The standard InChI is InChI=1S/C18H14F2N2O2/c1-2-22-10-13(17(23)12-5-3-4-6-16(12)22)18(24)21-15-8-7-11(19)9-14(15)20/h3-10H,2H2,1H3,(H,21,24). The first-order chi connectivity index (χ1) is 11.5. The van der Waals surface area contributed by atoms with Crippen LogP contribution in [-0.4, -0.2) is 10.5 Å². The third-order valence-electron chi connectivity index (χ3n) is 3.75. The van der Waals surface area contributed by atoms with Gasteiger partial charge < -0.3 is 9.88 Å². The second kappa shape index (κ2) is 6.23. The van der Waals surface area contributed by atoms with Crippen molar-refractivity contribution in [2.75, 3.05) is 5.32 Å². The number of carbonyl (C=O) groups is 1. The number of nitrogens with one attached hydrogen (secondary N) is 1. The summed E-state index contributed by atoms with van der Waals surface area (Å²) in [4.78, 5) is 24.9. The highest BCUT2D eigenvalue weighted by molar-refractivity contribution is 6.05. The summed E-state index contributed by atoms with van der Waals surface area (Å²) in [5.41, 5.74) is 0.00103. The zero-order chi connectivity index (χ0) is 17.3. The Morgan fingerprint density at radius 3 is 2.62 bits per heavy atom. The molecular formula is C18H14F2N2O2. The maximum Gasteiger partial charge on any atom is 0.261 e. The molecule has 0 saturated carbocycles. The van der Waals surface area contributed by atoms with E-state index in [-0.39, 0.29) is 11.3 Å². The normalized spacial score (nSPS) is 10.8. The van der Waals surface area contributed by atoms with E-state index in [1.807, 2.05) is 13.0 Å². The van der Waals surface area contributed by atoms with Crippen molar-refractivity contribution in [1.29, 1.82) is 0 Å². The zero-order valence-corrected chi connectivity index (χ0v) is 12.8. The summed E-state index contributed by atoms with van der Waals surface area (Å²) in [5, 5.41) is 2.73. The number of aryl methyl sites for hydroxylation is 1. The first-order valence-electron chi connectivity index (χ1n) is 7.40. The molecule has 1 amide bonds. The van der Waals surface area contributed by atoms with Gasteiger partial charge in [-0.25, -0.2) is 8.78 Å². The number of rotatable bonds is 3. The molecule has 1 aromatic heterocycles. The summed E-state index contributed by atoms with van der Waals surface area (Å²) in [6.07, 6.45) is 1.45. The van der Waals surface area contributed by atoms with Crippen molar-refractivity contribution in [1.82, 2.24) is 4.57 Å². The molecule has 0 bridgehead atoms. The van der Waals surface area contributed by atoms with Crippen LogP contribution in [0, 0.1) is 11.6 Å². The van der Waals surface area contributed by atoms with Gasteiger partial charge in [-0.15, -0.1) is 0 Å². The minimum atomic E-state index is -0.903. The Labute approximate surface area is 136 Å². The molecule has 2 aromatic carbocycles. The van der Waals surface area contributed by atoms with Crippen LogP contribution in [0.25, 0.3) is 10.9 Å². The van der Waals surface area contributed by atoms with Gasteiger partial charge >= 0.3 is 0 Å². The Morgan fingerprint density at radius 2 is 1.92 bits per heavy atom. The highest BCUT2D eigenvalue weighted by atomic mass is 19.1. The van der Waals surface area contributed by atoms with Crippen LogP contribution in [0.4, 0.5) is 14.5 Å². The molecule has 0 aliphatic heterocycles. The van der Waals surface area contributed by atoms with Crippen molar-refractivity contribution in [3.05, 3.63) is 76.1 Å². The number of nitrogens with zero attached hydrogens (tertiary/aromatic N) is 1. The van der Waals surface area contributed by atoms with E-state index in [1.54, 1.807) is 22.8 Å². The number of halogens is 2. The van der Waals surface area contributed by atoms with E-state index in [0.717, 1.165) is 17.6 Å². The summed E-state index contributed by atoms with van der Waals surface area (Å²) < 4.78 is 28.4. The Bertz CT molecular complexity index is 996. The van der Waals surface area contributed by atoms with Gasteiger partial charge in [-0.3, -0.25) is 9.59 Å².